The first-order valence-corrected chi connectivity index (χ1v) is 6.86. The summed E-state index contributed by atoms with van der Waals surface area (Å²) in [5.74, 6) is 6.90. The molecule has 1 atom stereocenters. The molecule has 0 amide bonds. The predicted octanol–water partition coefficient (Wildman–Crippen LogP) is 2.74. The van der Waals surface area contributed by atoms with Crippen molar-refractivity contribution in [2.24, 2.45) is 11.8 Å². The molecule has 100 valence electrons. The minimum Gasteiger partial charge on any atom is -0.381 e. The molecule has 1 aromatic carbocycles. The Balaban J connectivity index is 2.11. The van der Waals surface area contributed by atoms with E-state index >= 15 is 0 Å². The van der Waals surface area contributed by atoms with Gasteiger partial charge in [-0.05, 0) is 35.8 Å². The molecule has 1 aliphatic heterocycles. The number of hydrogen-bond acceptors (Lipinski definition) is 3. The highest BCUT2D eigenvalue weighted by Crippen LogP contribution is 2.30. The van der Waals surface area contributed by atoms with Gasteiger partial charge >= 0.3 is 0 Å². The van der Waals surface area contributed by atoms with Gasteiger partial charge in [0.1, 0.15) is 0 Å². The fraction of sp³-hybridized carbons (Fsp3) is 0.600. The Morgan fingerprint density at radius 2 is 1.67 bits per heavy atom. The fourth-order valence-electron chi connectivity index (χ4n) is 2.64. The first-order chi connectivity index (χ1) is 8.72. The van der Waals surface area contributed by atoms with Gasteiger partial charge in [0.2, 0.25) is 0 Å². The van der Waals surface area contributed by atoms with Crippen LogP contribution in [0.1, 0.15) is 49.8 Å². The van der Waals surface area contributed by atoms with Gasteiger partial charge in [-0.2, -0.15) is 0 Å². The van der Waals surface area contributed by atoms with Crippen molar-refractivity contribution >= 4 is 0 Å². The third-order valence-corrected chi connectivity index (χ3v) is 3.88. The minimum atomic E-state index is 0.245. The Labute approximate surface area is 110 Å². The topological polar surface area (TPSA) is 47.3 Å². The monoisotopic (exact) mass is 248 g/mol. The van der Waals surface area contributed by atoms with Gasteiger partial charge < -0.3 is 4.74 Å². The van der Waals surface area contributed by atoms with Crippen molar-refractivity contribution < 1.29 is 4.74 Å². The molecule has 1 aliphatic rings. The van der Waals surface area contributed by atoms with E-state index in [2.05, 4.69) is 43.5 Å². The Kier molecular flexibility index (Phi) is 4.75. The molecule has 1 saturated heterocycles. The summed E-state index contributed by atoms with van der Waals surface area (Å²) in [4.78, 5) is 0. The summed E-state index contributed by atoms with van der Waals surface area (Å²) in [6, 6.07) is 9.08. The van der Waals surface area contributed by atoms with Crippen molar-refractivity contribution in [3.8, 4) is 0 Å². The van der Waals surface area contributed by atoms with Crippen LogP contribution in [-0.4, -0.2) is 13.2 Å². The lowest BCUT2D eigenvalue weighted by Gasteiger charge is -2.30. The van der Waals surface area contributed by atoms with E-state index in [1.54, 1.807) is 0 Å². The average molecular weight is 248 g/mol. The van der Waals surface area contributed by atoms with Crippen LogP contribution in [0.2, 0.25) is 0 Å². The van der Waals surface area contributed by atoms with Crippen LogP contribution in [0, 0.1) is 5.92 Å². The minimum absolute atomic E-state index is 0.245. The van der Waals surface area contributed by atoms with E-state index in [-0.39, 0.29) is 6.04 Å². The Bertz CT molecular complexity index is 355. The first kappa shape index (κ1) is 13.5. The highest BCUT2D eigenvalue weighted by atomic mass is 16.5. The van der Waals surface area contributed by atoms with Crippen molar-refractivity contribution in [3.05, 3.63) is 35.4 Å². The third kappa shape index (κ3) is 3.10. The summed E-state index contributed by atoms with van der Waals surface area (Å²) in [6.07, 6.45) is 2.17. The van der Waals surface area contributed by atoms with Crippen molar-refractivity contribution in [3.63, 3.8) is 0 Å². The lowest BCUT2D eigenvalue weighted by Crippen LogP contribution is -2.36. The molecular formula is C15H24N2O. The normalized spacial score (nSPS) is 19.1. The van der Waals surface area contributed by atoms with E-state index in [9.17, 15) is 0 Å². The summed E-state index contributed by atoms with van der Waals surface area (Å²) >= 11 is 0. The number of rotatable bonds is 4. The van der Waals surface area contributed by atoms with Gasteiger partial charge in [0, 0.05) is 19.3 Å². The van der Waals surface area contributed by atoms with E-state index in [4.69, 9.17) is 10.6 Å². The van der Waals surface area contributed by atoms with Crippen LogP contribution in [0.3, 0.4) is 0 Å². The molecule has 3 N–H and O–H groups in total. The van der Waals surface area contributed by atoms with Crippen LogP contribution >= 0.6 is 0 Å². The van der Waals surface area contributed by atoms with Crippen LogP contribution in [0.4, 0.5) is 0 Å². The third-order valence-electron chi connectivity index (χ3n) is 3.88. The first-order valence-electron chi connectivity index (χ1n) is 6.86. The van der Waals surface area contributed by atoms with E-state index in [0.717, 1.165) is 26.1 Å². The van der Waals surface area contributed by atoms with Crippen molar-refractivity contribution in [2.45, 2.75) is 38.6 Å². The second-order valence-electron chi connectivity index (χ2n) is 5.42. The molecule has 3 heteroatoms. The molecule has 0 saturated carbocycles. The van der Waals surface area contributed by atoms with Crippen molar-refractivity contribution in [1.82, 2.24) is 5.43 Å². The largest absolute Gasteiger partial charge is 0.381 e. The van der Waals surface area contributed by atoms with Crippen molar-refractivity contribution in [1.29, 1.82) is 0 Å². The fourth-order valence-corrected chi connectivity index (χ4v) is 2.64. The standard InChI is InChI=1S/C15H24N2O/c1-11(2)12-3-5-13(6-4-12)15(17-16)14-7-9-18-10-8-14/h3-6,11,14-15,17H,7-10,16H2,1-2H3. The molecule has 0 aliphatic carbocycles. The summed E-state index contributed by atoms with van der Waals surface area (Å²) < 4.78 is 5.41. The van der Waals surface area contributed by atoms with E-state index in [1.165, 1.54) is 11.1 Å². The van der Waals surface area contributed by atoms with Gasteiger partial charge in [0.15, 0.2) is 0 Å². The van der Waals surface area contributed by atoms with Gasteiger partial charge in [-0.1, -0.05) is 38.1 Å². The van der Waals surface area contributed by atoms with Crippen LogP contribution in [-0.2, 0) is 4.74 Å². The molecular weight excluding hydrogens is 224 g/mol. The van der Waals surface area contributed by atoms with Crippen LogP contribution in [0.25, 0.3) is 0 Å². The maximum absolute atomic E-state index is 5.74. The number of hydrogen-bond donors (Lipinski definition) is 2. The van der Waals surface area contributed by atoms with Crippen LogP contribution in [0.15, 0.2) is 24.3 Å². The Hall–Kier alpha value is -0.900. The zero-order valence-electron chi connectivity index (χ0n) is 11.4. The number of benzene rings is 1. The Morgan fingerprint density at radius 1 is 1.11 bits per heavy atom. The van der Waals surface area contributed by atoms with Gasteiger partial charge in [-0.25, -0.2) is 0 Å². The predicted molar refractivity (Wildman–Crippen MR) is 74.1 cm³/mol. The number of hydrazine groups is 1. The van der Waals surface area contributed by atoms with E-state index in [0.29, 0.717) is 11.8 Å². The number of nitrogens with two attached hydrogens (primary N) is 1. The van der Waals surface area contributed by atoms with E-state index < -0.39 is 0 Å². The summed E-state index contributed by atoms with van der Waals surface area (Å²) in [6.45, 7) is 6.14. The summed E-state index contributed by atoms with van der Waals surface area (Å²) in [5.41, 5.74) is 5.64. The molecule has 0 radical (unpaired) electrons. The highest BCUT2D eigenvalue weighted by molar-refractivity contribution is 5.27. The molecule has 1 heterocycles. The van der Waals surface area contributed by atoms with Crippen LogP contribution in [0.5, 0.6) is 0 Å². The van der Waals surface area contributed by atoms with Gasteiger partial charge in [-0.3, -0.25) is 11.3 Å². The smallest absolute Gasteiger partial charge is 0.0489 e. The molecule has 0 spiro atoms. The second kappa shape index (κ2) is 6.32. The van der Waals surface area contributed by atoms with E-state index in [1.807, 2.05) is 0 Å². The number of nitrogens with one attached hydrogen (secondary N) is 1. The Morgan fingerprint density at radius 3 is 2.17 bits per heavy atom. The second-order valence-corrected chi connectivity index (χ2v) is 5.42. The quantitative estimate of drug-likeness (QED) is 0.636. The lowest BCUT2D eigenvalue weighted by atomic mass is 9.87. The van der Waals surface area contributed by atoms with Crippen LogP contribution < -0.4 is 11.3 Å². The summed E-state index contributed by atoms with van der Waals surface area (Å²) in [7, 11) is 0. The molecule has 1 aromatic rings. The molecule has 0 aromatic heterocycles. The van der Waals surface area contributed by atoms with Gasteiger partial charge in [-0.15, -0.1) is 0 Å². The molecule has 0 bridgehead atoms. The highest BCUT2D eigenvalue weighted by Gasteiger charge is 2.24. The molecule has 1 unspecified atom stereocenters. The SMILES string of the molecule is CC(C)c1ccc(C(NN)C2CCOCC2)cc1. The van der Waals surface area contributed by atoms with Crippen molar-refractivity contribution in [2.75, 3.05) is 13.2 Å². The maximum atomic E-state index is 5.74. The van der Waals surface area contributed by atoms with Gasteiger partial charge in [0.05, 0.1) is 0 Å². The molecule has 1 fully saturated rings. The lowest BCUT2D eigenvalue weighted by molar-refractivity contribution is 0.0536. The average Bonchev–Trinajstić information content (AvgIpc) is 2.41. The maximum Gasteiger partial charge on any atom is 0.0489 e. The zero-order valence-corrected chi connectivity index (χ0v) is 11.4. The zero-order chi connectivity index (χ0) is 13.0. The van der Waals surface area contributed by atoms with Gasteiger partial charge in [0.25, 0.3) is 0 Å². The number of ether oxygens (including phenoxy) is 1. The summed E-state index contributed by atoms with van der Waals surface area (Å²) in [5, 5.41) is 0. The molecule has 18 heavy (non-hydrogen) atoms. The molecule has 2 rings (SSSR count). The molecule has 3 nitrogen and oxygen atoms in total.